The highest BCUT2D eigenvalue weighted by atomic mass is 19.1. The number of halogens is 1. The first-order valence-electron chi connectivity index (χ1n) is 8.17. The lowest BCUT2D eigenvalue weighted by atomic mass is 10.1. The number of aryl methyl sites for hydroxylation is 2. The van der Waals surface area contributed by atoms with Gasteiger partial charge < -0.3 is 4.74 Å². The first-order chi connectivity index (χ1) is 11.1. The van der Waals surface area contributed by atoms with E-state index in [0.29, 0.717) is 6.54 Å². The van der Waals surface area contributed by atoms with Crippen LogP contribution in [0.1, 0.15) is 29.7 Å². The van der Waals surface area contributed by atoms with Crippen LogP contribution >= 0.6 is 0 Å². The molecular weight excluding hydrogens is 293 g/mol. The van der Waals surface area contributed by atoms with Gasteiger partial charge in [-0.15, -0.1) is 0 Å². The highest BCUT2D eigenvalue weighted by molar-refractivity contribution is 5.18. The topological polar surface area (TPSA) is 30.3 Å². The first kappa shape index (κ1) is 16.1. The van der Waals surface area contributed by atoms with Crippen molar-refractivity contribution in [2.75, 3.05) is 13.2 Å². The zero-order valence-corrected chi connectivity index (χ0v) is 13.8. The average Bonchev–Trinajstić information content (AvgIpc) is 3.09. The Morgan fingerprint density at radius 2 is 2.26 bits per heavy atom. The Balaban J connectivity index is 1.73. The van der Waals surface area contributed by atoms with Gasteiger partial charge in [0, 0.05) is 45.0 Å². The molecule has 1 aliphatic rings. The zero-order valence-electron chi connectivity index (χ0n) is 13.8. The van der Waals surface area contributed by atoms with Gasteiger partial charge in [-0.3, -0.25) is 9.58 Å². The standard InChI is InChI=1S/C18H24FN3O/c1-14-16(11-21(2)20-14)12-22(13-18-7-4-8-23-18)10-15-5-3-6-17(19)9-15/h3,5-6,9,11,18H,4,7-8,10,12-13H2,1-2H3/t18-/m1/s1. The van der Waals surface area contributed by atoms with Crippen molar-refractivity contribution in [2.24, 2.45) is 7.05 Å². The minimum absolute atomic E-state index is 0.183. The van der Waals surface area contributed by atoms with Crippen LogP contribution in [0.25, 0.3) is 0 Å². The third kappa shape index (κ3) is 4.39. The largest absolute Gasteiger partial charge is 0.377 e. The molecule has 0 amide bonds. The maximum atomic E-state index is 13.5. The van der Waals surface area contributed by atoms with Gasteiger partial charge in [0.05, 0.1) is 11.8 Å². The van der Waals surface area contributed by atoms with Crippen LogP contribution in [0.3, 0.4) is 0 Å². The highest BCUT2D eigenvalue weighted by Gasteiger charge is 2.20. The van der Waals surface area contributed by atoms with Gasteiger partial charge in [0.25, 0.3) is 0 Å². The molecule has 0 bridgehead atoms. The van der Waals surface area contributed by atoms with E-state index in [2.05, 4.69) is 16.2 Å². The van der Waals surface area contributed by atoms with Gasteiger partial charge >= 0.3 is 0 Å². The Hall–Kier alpha value is -1.72. The molecule has 1 fully saturated rings. The van der Waals surface area contributed by atoms with Crippen molar-refractivity contribution in [1.29, 1.82) is 0 Å². The number of nitrogens with zero attached hydrogens (tertiary/aromatic N) is 3. The number of ether oxygens (including phenoxy) is 1. The molecule has 0 unspecified atom stereocenters. The van der Waals surface area contributed by atoms with Crippen LogP contribution < -0.4 is 0 Å². The van der Waals surface area contributed by atoms with Crippen molar-refractivity contribution in [1.82, 2.24) is 14.7 Å². The summed E-state index contributed by atoms with van der Waals surface area (Å²) in [5, 5.41) is 4.42. The van der Waals surface area contributed by atoms with Crippen molar-refractivity contribution in [3.63, 3.8) is 0 Å². The van der Waals surface area contributed by atoms with Crippen molar-refractivity contribution < 1.29 is 9.13 Å². The fourth-order valence-electron chi connectivity index (χ4n) is 3.20. The van der Waals surface area contributed by atoms with E-state index >= 15 is 0 Å². The Kier molecular flexibility index (Phi) is 5.08. The van der Waals surface area contributed by atoms with Gasteiger partial charge in [-0.2, -0.15) is 5.10 Å². The van der Waals surface area contributed by atoms with Crippen LogP contribution in [0.2, 0.25) is 0 Å². The Bertz CT molecular complexity index is 649. The van der Waals surface area contributed by atoms with Gasteiger partial charge in [-0.05, 0) is 37.5 Å². The number of hydrogen-bond acceptors (Lipinski definition) is 3. The summed E-state index contributed by atoms with van der Waals surface area (Å²) in [6, 6.07) is 6.84. The van der Waals surface area contributed by atoms with Gasteiger partial charge in [0.15, 0.2) is 0 Å². The summed E-state index contributed by atoms with van der Waals surface area (Å²) in [6.07, 6.45) is 4.57. The first-order valence-corrected chi connectivity index (χ1v) is 8.17. The molecule has 23 heavy (non-hydrogen) atoms. The fourth-order valence-corrected chi connectivity index (χ4v) is 3.20. The maximum absolute atomic E-state index is 13.5. The summed E-state index contributed by atoms with van der Waals surface area (Å²) in [4.78, 5) is 2.33. The molecule has 0 saturated carbocycles. The molecule has 5 heteroatoms. The Morgan fingerprint density at radius 1 is 1.39 bits per heavy atom. The second-order valence-electron chi connectivity index (χ2n) is 6.35. The van der Waals surface area contributed by atoms with Crippen LogP contribution in [-0.4, -0.2) is 33.9 Å². The molecule has 0 radical (unpaired) electrons. The normalized spacial score (nSPS) is 18.0. The monoisotopic (exact) mass is 317 g/mol. The van der Waals surface area contributed by atoms with E-state index in [1.165, 1.54) is 11.6 Å². The molecule has 4 nitrogen and oxygen atoms in total. The lowest BCUT2D eigenvalue weighted by molar-refractivity contribution is 0.0678. The molecule has 0 aliphatic carbocycles. The fraction of sp³-hybridized carbons (Fsp3) is 0.500. The van der Waals surface area contributed by atoms with Crippen LogP contribution in [0.4, 0.5) is 4.39 Å². The molecule has 124 valence electrons. The molecule has 1 saturated heterocycles. The summed E-state index contributed by atoms with van der Waals surface area (Å²) in [5.41, 5.74) is 3.25. The van der Waals surface area contributed by atoms with Gasteiger partial charge in [-0.25, -0.2) is 4.39 Å². The van der Waals surface area contributed by atoms with Crippen molar-refractivity contribution in [2.45, 2.75) is 39.0 Å². The summed E-state index contributed by atoms with van der Waals surface area (Å²) in [5.74, 6) is -0.183. The highest BCUT2D eigenvalue weighted by Crippen LogP contribution is 2.18. The van der Waals surface area contributed by atoms with Crippen molar-refractivity contribution >= 4 is 0 Å². The second-order valence-corrected chi connectivity index (χ2v) is 6.35. The summed E-state index contributed by atoms with van der Waals surface area (Å²) in [6.45, 7) is 5.26. The van der Waals surface area contributed by atoms with Crippen LogP contribution in [0.15, 0.2) is 30.5 Å². The van der Waals surface area contributed by atoms with Crippen molar-refractivity contribution in [3.8, 4) is 0 Å². The van der Waals surface area contributed by atoms with E-state index < -0.39 is 0 Å². The summed E-state index contributed by atoms with van der Waals surface area (Å²) < 4.78 is 21.1. The lowest BCUT2D eigenvalue weighted by Crippen LogP contribution is -2.31. The van der Waals surface area contributed by atoms with Crippen LogP contribution in [0.5, 0.6) is 0 Å². The predicted octanol–water partition coefficient (Wildman–Crippen LogP) is 3.05. The minimum atomic E-state index is -0.183. The Morgan fingerprint density at radius 3 is 2.91 bits per heavy atom. The van der Waals surface area contributed by atoms with Crippen LogP contribution in [-0.2, 0) is 24.9 Å². The molecule has 0 N–H and O–H groups in total. The number of hydrogen-bond donors (Lipinski definition) is 0. The molecule has 1 atom stereocenters. The SMILES string of the molecule is Cc1nn(C)cc1CN(Cc1cccc(F)c1)C[C@H]1CCCO1. The Labute approximate surface area is 136 Å². The number of benzene rings is 1. The third-order valence-corrected chi connectivity index (χ3v) is 4.29. The average molecular weight is 317 g/mol. The minimum Gasteiger partial charge on any atom is -0.377 e. The molecule has 0 spiro atoms. The molecule has 2 aromatic rings. The summed E-state index contributed by atoms with van der Waals surface area (Å²) >= 11 is 0. The van der Waals surface area contributed by atoms with Gasteiger partial charge in [0.1, 0.15) is 5.82 Å². The molecular formula is C18H24FN3O. The second kappa shape index (κ2) is 7.23. The molecule has 1 aliphatic heterocycles. The smallest absolute Gasteiger partial charge is 0.123 e. The van der Waals surface area contributed by atoms with E-state index in [1.54, 1.807) is 12.1 Å². The van der Waals surface area contributed by atoms with E-state index in [4.69, 9.17) is 4.74 Å². The van der Waals surface area contributed by atoms with Crippen molar-refractivity contribution in [3.05, 3.63) is 53.1 Å². The van der Waals surface area contributed by atoms with E-state index in [9.17, 15) is 4.39 Å². The lowest BCUT2D eigenvalue weighted by Gasteiger charge is -2.25. The van der Waals surface area contributed by atoms with E-state index in [-0.39, 0.29) is 11.9 Å². The van der Waals surface area contributed by atoms with Gasteiger partial charge in [-0.1, -0.05) is 12.1 Å². The summed E-state index contributed by atoms with van der Waals surface area (Å²) in [7, 11) is 1.94. The maximum Gasteiger partial charge on any atom is 0.123 e. The molecule has 2 heterocycles. The third-order valence-electron chi connectivity index (χ3n) is 4.29. The molecule has 3 rings (SSSR count). The molecule has 1 aromatic carbocycles. The zero-order chi connectivity index (χ0) is 16.2. The number of rotatable bonds is 6. The van der Waals surface area contributed by atoms with E-state index in [1.807, 2.05) is 24.7 Å². The van der Waals surface area contributed by atoms with Crippen LogP contribution in [0, 0.1) is 12.7 Å². The van der Waals surface area contributed by atoms with E-state index in [0.717, 1.165) is 43.8 Å². The van der Waals surface area contributed by atoms with Gasteiger partial charge in [0.2, 0.25) is 0 Å². The molecule has 1 aromatic heterocycles. The predicted molar refractivity (Wildman–Crippen MR) is 87.4 cm³/mol. The number of aromatic nitrogens is 2. The quantitative estimate of drug-likeness (QED) is 0.820.